The standard InChI is InChI=1S/C20H24N2O4/c1-12-4-5-13(10-17(12)25-2)20(24)22-19(15-8-16(23)9-15)14-6-7-18(26-3)21-11-14/h4-7,10-11,15-16,19,23H,8-9H2,1-3H3,(H,22,24)/t15?,16?,19-/m0/s1. The molecule has 1 aromatic carbocycles. The highest BCUT2D eigenvalue weighted by Crippen LogP contribution is 2.38. The number of carbonyl (C=O) groups excluding carboxylic acids is 1. The smallest absolute Gasteiger partial charge is 0.251 e. The molecule has 6 nitrogen and oxygen atoms in total. The van der Waals surface area contributed by atoms with Crippen LogP contribution in [-0.2, 0) is 0 Å². The molecule has 26 heavy (non-hydrogen) atoms. The van der Waals surface area contributed by atoms with Crippen LogP contribution in [0, 0.1) is 12.8 Å². The normalized spacial score (nSPS) is 20.0. The fraction of sp³-hybridized carbons (Fsp3) is 0.400. The number of aryl methyl sites for hydroxylation is 1. The van der Waals surface area contributed by atoms with Gasteiger partial charge in [0.1, 0.15) is 5.75 Å². The Kier molecular flexibility index (Phi) is 5.42. The van der Waals surface area contributed by atoms with Crippen molar-refractivity contribution in [3.05, 3.63) is 53.2 Å². The van der Waals surface area contributed by atoms with E-state index in [9.17, 15) is 9.90 Å². The van der Waals surface area contributed by atoms with Crippen molar-refractivity contribution >= 4 is 5.91 Å². The molecule has 0 spiro atoms. The van der Waals surface area contributed by atoms with Crippen molar-refractivity contribution in [3.63, 3.8) is 0 Å². The summed E-state index contributed by atoms with van der Waals surface area (Å²) in [5.41, 5.74) is 2.41. The summed E-state index contributed by atoms with van der Waals surface area (Å²) in [5.74, 6) is 1.21. The van der Waals surface area contributed by atoms with E-state index in [0.29, 0.717) is 30.0 Å². The topological polar surface area (TPSA) is 80.7 Å². The number of methoxy groups -OCH3 is 2. The van der Waals surface area contributed by atoms with E-state index in [1.165, 1.54) is 0 Å². The summed E-state index contributed by atoms with van der Waals surface area (Å²) >= 11 is 0. The summed E-state index contributed by atoms with van der Waals surface area (Å²) < 4.78 is 10.4. The lowest BCUT2D eigenvalue weighted by molar-refractivity contribution is 0.0234. The van der Waals surface area contributed by atoms with Gasteiger partial charge in [-0.05, 0) is 48.9 Å². The Morgan fingerprint density at radius 1 is 1.23 bits per heavy atom. The lowest BCUT2D eigenvalue weighted by Crippen LogP contribution is -2.41. The molecule has 0 aliphatic heterocycles. The molecule has 138 valence electrons. The number of hydrogen-bond acceptors (Lipinski definition) is 5. The summed E-state index contributed by atoms with van der Waals surface area (Å²) in [5, 5.41) is 12.8. The number of benzene rings is 1. The molecule has 1 aromatic heterocycles. The third kappa shape index (κ3) is 3.80. The number of rotatable bonds is 6. The Morgan fingerprint density at radius 2 is 2.00 bits per heavy atom. The molecule has 0 unspecified atom stereocenters. The largest absolute Gasteiger partial charge is 0.496 e. The van der Waals surface area contributed by atoms with Gasteiger partial charge in [-0.15, -0.1) is 0 Å². The molecule has 1 fully saturated rings. The maximum Gasteiger partial charge on any atom is 0.251 e. The van der Waals surface area contributed by atoms with E-state index in [4.69, 9.17) is 9.47 Å². The fourth-order valence-electron chi connectivity index (χ4n) is 3.26. The molecule has 1 atom stereocenters. The number of pyridine rings is 1. The van der Waals surface area contributed by atoms with Crippen LogP contribution in [0.1, 0.15) is 40.4 Å². The van der Waals surface area contributed by atoms with Gasteiger partial charge in [-0.2, -0.15) is 0 Å². The second-order valence-electron chi connectivity index (χ2n) is 6.65. The van der Waals surface area contributed by atoms with Gasteiger partial charge in [0, 0.05) is 17.8 Å². The van der Waals surface area contributed by atoms with Gasteiger partial charge in [0.05, 0.1) is 26.4 Å². The lowest BCUT2D eigenvalue weighted by Gasteiger charge is -2.38. The highest BCUT2D eigenvalue weighted by molar-refractivity contribution is 5.95. The van der Waals surface area contributed by atoms with E-state index in [1.807, 2.05) is 19.1 Å². The second kappa shape index (κ2) is 7.74. The number of nitrogens with zero attached hydrogens (tertiary/aromatic N) is 1. The maximum atomic E-state index is 12.8. The van der Waals surface area contributed by atoms with Crippen LogP contribution in [0.5, 0.6) is 11.6 Å². The van der Waals surface area contributed by atoms with Gasteiger partial charge in [-0.3, -0.25) is 4.79 Å². The fourth-order valence-corrected chi connectivity index (χ4v) is 3.26. The van der Waals surface area contributed by atoms with Crippen molar-refractivity contribution < 1.29 is 19.4 Å². The summed E-state index contributed by atoms with van der Waals surface area (Å²) in [4.78, 5) is 17.0. The number of nitrogens with one attached hydrogen (secondary N) is 1. The number of carbonyl (C=O) groups is 1. The highest BCUT2D eigenvalue weighted by atomic mass is 16.5. The van der Waals surface area contributed by atoms with E-state index < -0.39 is 0 Å². The Labute approximate surface area is 153 Å². The molecule has 1 saturated carbocycles. The molecule has 0 saturated heterocycles. The second-order valence-corrected chi connectivity index (χ2v) is 6.65. The molecule has 1 aliphatic carbocycles. The van der Waals surface area contributed by atoms with Crippen molar-refractivity contribution in [3.8, 4) is 11.6 Å². The zero-order chi connectivity index (χ0) is 18.7. The average Bonchev–Trinajstić information content (AvgIpc) is 2.64. The van der Waals surface area contributed by atoms with Crippen LogP contribution in [0.3, 0.4) is 0 Å². The number of ether oxygens (including phenoxy) is 2. The number of hydrogen-bond donors (Lipinski definition) is 2. The van der Waals surface area contributed by atoms with Crippen LogP contribution < -0.4 is 14.8 Å². The van der Waals surface area contributed by atoms with Crippen molar-refractivity contribution in [2.24, 2.45) is 5.92 Å². The molecule has 0 radical (unpaired) electrons. The average molecular weight is 356 g/mol. The lowest BCUT2D eigenvalue weighted by atomic mass is 9.75. The SMILES string of the molecule is COc1ccc([C@H](NC(=O)c2ccc(C)c(OC)c2)C2CC(O)C2)cn1. The number of aliphatic hydroxyl groups excluding tert-OH is 1. The van der Waals surface area contributed by atoms with Crippen molar-refractivity contribution in [2.45, 2.75) is 31.9 Å². The van der Waals surface area contributed by atoms with Gasteiger partial charge < -0.3 is 19.9 Å². The summed E-state index contributed by atoms with van der Waals surface area (Å²) in [7, 11) is 3.15. The molecule has 1 amide bonds. The van der Waals surface area contributed by atoms with Crippen LogP contribution in [0.4, 0.5) is 0 Å². The molecular formula is C20H24N2O4. The summed E-state index contributed by atoms with van der Waals surface area (Å²) in [6, 6.07) is 8.85. The van der Waals surface area contributed by atoms with E-state index in [-0.39, 0.29) is 24.0 Å². The Balaban J connectivity index is 1.82. The van der Waals surface area contributed by atoms with Crippen LogP contribution in [0.25, 0.3) is 0 Å². The zero-order valence-corrected chi connectivity index (χ0v) is 15.2. The van der Waals surface area contributed by atoms with Crippen LogP contribution >= 0.6 is 0 Å². The van der Waals surface area contributed by atoms with Gasteiger partial charge >= 0.3 is 0 Å². The van der Waals surface area contributed by atoms with Crippen molar-refractivity contribution in [1.29, 1.82) is 0 Å². The number of aliphatic hydroxyl groups is 1. The van der Waals surface area contributed by atoms with Crippen LogP contribution in [0.15, 0.2) is 36.5 Å². The predicted octanol–water partition coefficient (Wildman–Crippen LogP) is 2.65. The Morgan fingerprint density at radius 3 is 2.58 bits per heavy atom. The first-order valence-electron chi connectivity index (χ1n) is 8.65. The Hall–Kier alpha value is -2.60. The predicted molar refractivity (Wildman–Crippen MR) is 97.5 cm³/mol. The van der Waals surface area contributed by atoms with Gasteiger partial charge in [0.2, 0.25) is 5.88 Å². The van der Waals surface area contributed by atoms with E-state index in [0.717, 1.165) is 11.1 Å². The molecule has 2 N–H and O–H groups in total. The van der Waals surface area contributed by atoms with Crippen molar-refractivity contribution in [2.75, 3.05) is 14.2 Å². The maximum absolute atomic E-state index is 12.8. The molecule has 2 aromatic rings. The van der Waals surface area contributed by atoms with Crippen LogP contribution in [0.2, 0.25) is 0 Å². The molecule has 6 heteroatoms. The molecular weight excluding hydrogens is 332 g/mol. The summed E-state index contributed by atoms with van der Waals surface area (Å²) in [6.07, 6.45) is 2.73. The van der Waals surface area contributed by atoms with Gasteiger partial charge in [-0.25, -0.2) is 4.98 Å². The summed E-state index contributed by atoms with van der Waals surface area (Å²) in [6.45, 7) is 1.93. The van der Waals surface area contributed by atoms with Gasteiger partial charge in [-0.1, -0.05) is 12.1 Å². The van der Waals surface area contributed by atoms with Crippen LogP contribution in [-0.4, -0.2) is 36.3 Å². The number of aromatic nitrogens is 1. The molecule has 1 heterocycles. The highest BCUT2D eigenvalue weighted by Gasteiger charge is 2.36. The van der Waals surface area contributed by atoms with Gasteiger partial charge in [0.25, 0.3) is 5.91 Å². The monoisotopic (exact) mass is 356 g/mol. The molecule has 1 aliphatic rings. The van der Waals surface area contributed by atoms with E-state index >= 15 is 0 Å². The first-order chi connectivity index (χ1) is 12.5. The van der Waals surface area contributed by atoms with E-state index in [2.05, 4.69) is 10.3 Å². The zero-order valence-electron chi connectivity index (χ0n) is 15.2. The minimum Gasteiger partial charge on any atom is -0.496 e. The minimum atomic E-state index is -0.301. The van der Waals surface area contributed by atoms with E-state index in [1.54, 1.807) is 38.6 Å². The Bertz CT molecular complexity index is 770. The quantitative estimate of drug-likeness (QED) is 0.832. The molecule has 0 bridgehead atoms. The first-order valence-corrected chi connectivity index (χ1v) is 8.65. The first kappa shape index (κ1) is 18.2. The number of amides is 1. The van der Waals surface area contributed by atoms with Crippen molar-refractivity contribution in [1.82, 2.24) is 10.3 Å². The third-order valence-corrected chi connectivity index (χ3v) is 4.91. The third-order valence-electron chi connectivity index (χ3n) is 4.91. The minimum absolute atomic E-state index is 0.175. The van der Waals surface area contributed by atoms with Gasteiger partial charge in [0.15, 0.2) is 0 Å². The molecule has 3 rings (SSSR count).